The zero-order valence-corrected chi connectivity index (χ0v) is 10.8. The fourth-order valence-electron chi connectivity index (χ4n) is 2.00. The summed E-state index contributed by atoms with van der Waals surface area (Å²) in [7, 11) is 0. The van der Waals surface area contributed by atoms with Crippen molar-refractivity contribution in [2.45, 2.75) is 20.0 Å². The van der Waals surface area contributed by atoms with Crippen molar-refractivity contribution in [2.75, 3.05) is 0 Å². The lowest BCUT2D eigenvalue weighted by Crippen LogP contribution is -2.03. The maximum absolute atomic E-state index is 9.95. The molecule has 1 heteroatoms. The van der Waals surface area contributed by atoms with Crippen molar-refractivity contribution in [2.24, 2.45) is 0 Å². The molecule has 1 unspecified atom stereocenters. The highest BCUT2D eigenvalue weighted by Gasteiger charge is 2.08. The third-order valence-corrected chi connectivity index (χ3v) is 2.92. The number of aryl methyl sites for hydroxylation is 1. The topological polar surface area (TPSA) is 20.2 Å². The molecule has 0 spiro atoms. The van der Waals surface area contributed by atoms with Gasteiger partial charge in [-0.1, -0.05) is 60.2 Å². The number of aliphatic hydroxyl groups excluding tert-OH is 1. The molecule has 2 rings (SSSR count). The van der Waals surface area contributed by atoms with E-state index in [0.29, 0.717) is 0 Å². The van der Waals surface area contributed by atoms with Crippen LogP contribution in [-0.2, 0) is 0 Å². The Morgan fingerprint density at radius 3 is 2.39 bits per heavy atom. The molecule has 92 valence electrons. The van der Waals surface area contributed by atoms with E-state index in [9.17, 15) is 5.11 Å². The number of hydrogen-bond donors (Lipinski definition) is 1. The Morgan fingerprint density at radius 1 is 1.06 bits per heavy atom. The molecule has 1 atom stereocenters. The Labute approximate surface area is 108 Å². The predicted octanol–water partition coefficient (Wildman–Crippen LogP) is 3.92. The summed E-state index contributed by atoms with van der Waals surface area (Å²) in [5.74, 6) is 0. The van der Waals surface area contributed by atoms with Crippen molar-refractivity contribution in [1.29, 1.82) is 0 Å². The zero-order valence-electron chi connectivity index (χ0n) is 10.8. The highest BCUT2D eigenvalue weighted by atomic mass is 16.3. The fraction of sp³-hybridized carbons (Fsp3) is 0.176. The SMILES string of the molecule is Cc1cccc(/C(=C\c2ccccc2)C(C)O)c1. The van der Waals surface area contributed by atoms with Crippen molar-refractivity contribution < 1.29 is 5.11 Å². The van der Waals surface area contributed by atoms with E-state index >= 15 is 0 Å². The van der Waals surface area contributed by atoms with E-state index in [1.165, 1.54) is 5.56 Å². The van der Waals surface area contributed by atoms with Gasteiger partial charge < -0.3 is 5.11 Å². The molecule has 1 N–H and O–H groups in total. The lowest BCUT2D eigenvalue weighted by atomic mass is 9.97. The van der Waals surface area contributed by atoms with Gasteiger partial charge in [0.25, 0.3) is 0 Å². The standard InChI is InChI=1S/C17H18O/c1-13-7-6-10-16(11-13)17(14(2)18)12-15-8-4-3-5-9-15/h3-12,14,18H,1-2H3/b17-12-. The van der Waals surface area contributed by atoms with Crippen LogP contribution in [0.2, 0.25) is 0 Å². The first-order chi connectivity index (χ1) is 8.66. The van der Waals surface area contributed by atoms with Crippen LogP contribution in [0.3, 0.4) is 0 Å². The zero-order chi connectivity index (χ0) is 13.0. The normalized spacial score (nSPS) is 13.4. The van der Waals surface area contributed by atoms with Crippen molar-refractivity contribution in [3.8, 4) is 0 Å². The van der Waals surface area contributed by atoms with E-state index in [0.717, 1.165) is 16.7 Å². The van der Waals surface area contributed by atoms with Crippen LogP contribution in [0.15, 0.2) is 54.6 Å². The van der Waals surface area contributed by atoms with Gasteiger partial charge in [0.15, 0.2) is 0 Å². The molecule has 0 fully saturated rings. The summed E-state index contributed by atoms with van der Waals surface area (Å²) >= 11 is 0. The molecule has 2 aromatic rings. The van der Waals surface area contributed by atoms with Gasteiger partial charge in [-0.25, -0.2) is 0 Å². The van der Waals surface area contributed by atoms with Gasteiger partial charge in [0, 0.05) is 0 Å². The smallest absolute Gasteiger partial charge is 0.0767 e. The highest BCUT2D eigenvalue weighted by molar-refractivity contribution is 5.83. The van der Waals surface area contributed by atoms with Crippen LogP contribution in [0, 0.1) is 6.92 Å². The van der Waals surface area contributed by atoms with E-state index in [1.807, 2.05) is 48.5 Å². The van der Waals surface area contributed by atoms with Gasteiger partial charge in [-0.05, 0) is 36.6 Å². The molecule has 0 amide bonds. The average Bonchev–Trinajstić information content (AvgIpc) is 2.37. The molecular weight excluding hydrogens is 220 g/mol. The van der Waals surface area contributed by atoms with E-state index in [4.69, 9.17) is 0 Å². The summed E-state index contributed by atoms with van der Waals surface area (Å²) in [5.41, 5.74) is 4.33. The Hall–Kier alpha value is -1.86. The predicted molar refractivity (Wildman–Crippen MR) is 77.2 cm³/mol. The van der Waals surface area contributed by atoms with Crippen LogP contribution in [0.5, 0.6) is 0 Å². The van der Waals surface area contributed by atoms with Crippen LogP contribution in [0.1, 0.15) is 23.6 Å². The fourth-order valence-corrected chi connectivity index (χ4v) is 2.00. The molecule has 1 nitrogen and oxygen atoms in total. The van der Waals surface area contributed by atoms with Crippen LogP contribution in [-0.4, -0.2) is 11.2 Å². The molecule has 0 aliphatic rings. The first-order valence-corrected chi connectivity index (χ1v) is 6.18. The third-order valence-electron chi connectivity index (χ3n) is 2.92. The second-order valence-corrected chi connectivity index (χ2v) is 4.56. The molecule has 0 aliphatic heterocycles. The van der Waals surface area contributed by atoms with Gasteiger partial charge in [0.05, 0.1) is 6.10 Å². The number of benzene rings is 2. The number of hydrogen-bond acceptors (Lipinski definition) is 1. The highest BCUT2D eigenvalue weighted by Crippen LogP contribution is 2.22. The van der Waals surface area contributed by atoms with Gasteiger partial charge in [0.2, 0.25) is 0 Å². The molecule has 0 saturated carbocycles. The lowest BCUT2D eigenvalue weighted by molar-refractivity contribution is 0.254. The summed E-state index contributed by atoms with van der Waals surface area (Å²) in [6, 6.07) is 18.3. The summed E-state index contributed by atoms with van der Waals surface area (Å²) in [4.78, 5) is 0. The number of aliphatic hydroxyl groups is 1. The van der Waals surface area contributed by atoms with E-state index < -0.39 is 6.10 Å². The van der Waals surface area contributed by atoms with Gasteiger partial charge in [-0.2, -0.15) is 0 Å². The van der Waals surface area contributed by atoms with Gasteiger partial charge in [-0.15, -0.1) is 0 Å². The van der Waals surface area contributed by atoms with E-state index in [-0.39, 0.29) is 0 Å². The maximum Gasteiger partial charge on any atom is 0.0767 e. The van der Waals surface area contributed by atoms with Crippen LogP contribution in [0.4, 0.5) is 0 Å². The molecular formula is C17H18O. The molecule has 0 aliphatic carbocycles. The van der Waals surface area contributed by atoms with Crippen molar-refractivity contribution in [3.63, 3.8) is 0 Å². The maximum atomic E-state index is 9.95. The molecule has 0 radical (unpaired) electrons. The van der Waals surface area contributed by atoms with Crippen LogP contribution >= 0.6 is 0 Å². The second kappa shape index (κ2) is 5.65. The van der Waals surface area contributed by atoms with E-state index in [2.05, 4.69) is 19.1 Å². The monoisotopic (exact) mass is 238 g/mol. The van der Waals surface area contributed by atoms with Crippen molar-refractivity contribution in [1.82, 2.24) is 0 Å². The molecule has 0 saturated heterocycles. The van der Waals surface area contributed by atoms with E-state index in [1.54, 1.807) is 6.92 Å². The summed E-state index contributed by atoms with van der Waals surface area (Å²) in [6.45, 7) is 3.86. The summed E-state index contributed by atoms with van der Waals surface area (Å²) in [6.07, 6.45) is 1.56. The lowest BCUT2D eigenvalue weighted by Gasteiger charge is -2.12. The Bertz CT molecular complexity index is 539. The summed E-state index contributed by atoms with van der Waals surface area (Å²) < 4.78 is 0. The van der Waals surface area contributed by atoms with Crippen molar-refractivity contribution in [3.05, 3.63) is 71.3 Å². The van der Waals surface area contributed by atoms with Gasteiger partial charge in [-0.3, -0.25) is 0 Å². The molecule has 0 aromatic heterocycles. The largest absolute Gasteiger partial charge is 0.389 e. The molecule has 0 bridgehead atoms. The average molecular weight is 238 g/mol. The second-order valence-electron chi connectivity index (χ2n) is 4.56. The Balaban J connectivity index is 2.44. The Morgan fingerprint density at radius 2 is 1.78 bits per heavy atom. The first kappa shape index (κ1) is 12.6. The molecule has 0 heterocycles. The third kappa shape index (κ3) is 3.08. The van der Waals surface area contributed by atoms with Crippen molar-refractivity contribution >= 4 is 11.6 Å². The first-order valence-electron chi connectivity index (χ1n) is 6.18. The molecule has 18 heavy (non-hydrogen) atoms. The molecule has 2 aromatic carbocycles. The quantitative estimate of drug-likeness (QED) is 0.804. The van der Waals surface area contributed by atoms with Crippen LogP contribution < -0.4 is 0 Å². The van der Waals surface area contributed by atoms with Crippen LogP contribution in [0.25, 0.3) is 11.6 Å². The van der Waals surface area contributed by atoms with Gasteiger partial charge in [0.1, 0.15) is 0 Å². The number of rotatable bonds is 3. The summed E-state index contributed by atoms with van der Waals surface area (Å²) in [5, 5.41) is 9.95. The minimum atomic E-state index is -0.480. The van der Waals surface area contributed by atoms with Gasteiger partial charge >= 0.3 is 0 Å². The minimum Gasteiger partial charge on any atom is -0.389 e. The Kier molecular flexibility index (Phi) is 3.96. The minimum absolute atomic E-state index is 0.480.